The Hall–Kier alpha value is -1.60. The van der Waals surface area contributed by atoms with E-state index in [1.807, 2.05) is 32.9 Å². The number of hydrogen-bond acceptors (Lipinski definition) is 3. The molecule has 0 unspecified atom stereocenters. The number of nitriles is 1. The first kappa shape index (κ1) is 13.5. The van der Waals surface area contributed by atoms with Gasteiger partial charge in [0.1, 0.15) is 11.6 Å². The molecule has 0 radical (unpaired) electrons. The van der Waals surface area contributed by atoms with Crippen LogP contribution in [-0.4, -0.2) is 18.3 Å². The van der Waals surface area contributed by atoms with Gasteiger partial charge in [0.15, 0.2) is 0 Å². The SMILES string of the molecule is COCCn1c(C(C)(C)C)ccc(C#N)c1=O. The standard InChI is InChI=1S/C13H18N2O2/c1-13(2,3)11-6-5-10(9-14)12(16)15(11)7-8-17-4/h5-6H,7-8H2,1-4H3. The third-order valence-corrected chi connectivity index (χ3v) is 2.58. The maximum Gasteiger partial charge on any atom is 0.268 e. The Morgan fingerprint density at radius 3 is 2.53 bits per heavy atom. The fourth-order valence-electron chi connectivity index (χ4n) is 1.72. The van der Waals surface area contributed by atoms with Crippen molar-refractivity contribution in [3.8, 4) is 6.07 Å². The van der Waals surface area contributed by atoms with E-state index in [1.54, 1.807) is 17.7 Å². The highest BCUT2D eigenvalue weighted by Crippen LogP contribution is 2.21. The lowest BCUT2D eigenvalue weighted by atomic mass is 9.91. The molecule has 0 aliphatic heterocycles. The number of nitrogens with zero attached hydrogens (tertiary/aromatic N) is 2. The summed E-state index contributed by atoms with van der Waals surface area (Å²) in [4.78, 5) is 12.1. The topological polar surface area (TPSA) is 55.0 Å². The number of methoxy groups -OCH3 is 1. The summed E-state index contributed by atoms with van der Waals surface area (Å²) in [7, 11) is 1.59. The number of rotatable bonds is 3. The summed E-state index contributed by atoms with van der Waals surface area (Å²) < 4.78 is 6.63. The number of aromatic nitrogens is 1. The fourth-order valence-corrected chi connectivity index (χ4v) is 1.72. The smallest absolute Gasteiger partial charge is 0.268 e. The van der Waals surface area contributed by atoms with E-state index in [9.17, 15) is 4.79 Å². The van der Waals surface area contributed by atoms with Gasteiger partial charge in [-0.25, -0.2) is 0 Å². The lowest BCUT2D eigenvalue weighted by molar-refractivity contribution is 0.184. The van der Waals surface area contributed by atoms with Crippen LogP contribution in [0.4, 0.5) is 0 Å². The van der Waals surface area contributed by atoms with Crippen LogP contribution >= 0.6 is 0 Å². The molecule has 0 fully saturated rings. The molecule has 0 amide bonds. The number of hydrogen-bond donors (Lipinski definition) is 0. The van der Waals surface area contributed by atoms with Crippen molar-refractivity contribution in [2.24, 2.45) is 0 Å². The van der Waals surface area contributed by atoms with Crippen LogP contribution in [0.1, 0.15) is 32.0 Å². The van der Waals surface area contributed by atoms with Gasteiger partial charge in [0.05, 0.1) is 6.61 Å². The van der Waals surface area contributed by atoms with E-state index in [2.05, 4.69) is 0 Å². The highest BCUT2D eigenvalue weighted by atomic mass is 16.5. The molecule has 1 aromatic rings. The second-order valence-corrected chi connectivity index (χ2v) is 4.94. The monoisotopic (exact) mass is 234 g/mol. The molecular formula is C13H18N2O2. The third kappa shape index (κ3) is 2.95. The molecule has 0 aliphatic carbocycles. The Bertz CT molecular complexity index is 490. The zero-order chi connectivity index (χ0) is 13.1. The van der Waals surface area contributed by atoms with Crippen molar-refractivity contribution in [1.82, 2.24) is 4.57 Å². The summed E-state index contributed by atoms with van der Waals surface area (Å²) in [5.41, 5.74) is 0.713. The molecule has 4 heteroatoms. The Morgan fingerprint density at radius 1 is 1.41 bits per heavy atom. The first-order valence-electron chi connectivity index (χ1n) is 5.55. The van der Waals surface area contributed by atoms with Crippen LogP contribution in [0.3, 0.4) is 0 Å². The van der Waals surface area contributed by atoms with Gasteiger partial charge in [-0.1, -0.05) is 20.8 Å². The first-order valence-corrected chi connectivity index (χ1v) is 5.55. The Morgan fingerprint density at radius 2 is 2.06 bits per heavy atom. The van der Waals surface area contributed by atoms with Gasteiger partial charge >= 0.3 is 0 Å². The summed E-state index contributed by atoms with van der Waals surface area (Å²) >= 11 is 0. The molecule has 0 aliphatic rings. The average Bonchev–Trinajstić information content (AvgIpc) is 2.25. The van der Waals surface area contributed by atoms with Crippen molar-refractivity contribution < 1.29 is 4.74 Å². The van der Waals surface area contributed by atoms with Gasteiger partial charge in [0.25, 0.3) is 5.56 Å². The molecule has 0 aromatic carbocycles. The lowest BCUT2D eigenvalue weighted by Crippen LogP contribution is -2.32. The van der Waals surface area contributed by atoms with Gasteiger partial charge < -0.3 is 9.30 Å². The number of ether oxygens (including phenoxy) is 1. The van der Waals surface area contributed by atoms with E-state index in [0.717, 1.165) is 5.69 Å². The van der Waals surface area contributed by atoms with Gasteiger partial charge in [0.2, 0.25) is 0 Å². The van der Waals surface area contributed by atoms with E-state index in [0.29, 0.717) is 13.2 Å². The second-order valence-electron chi connectivity index (χ2n) is 4.94. The van der Waals surface area contributed by atoms with Crippen molar-refractivity contribution in [3.63, 3.8) is 0 Å². The van der Waals surface area contributed by atoms with Gasteiger partial charge in [-0.05, 0) is 12.1 Å². The Balaban J connectivity index is 3.38. The number of pyridine rings is 1. The highest BCUT2D eigenvalue weighted by Gasteiger charge is 2.19. The molecule has 0 saturated carbocycles. The molecule has 0 spiro atoms. The predicted molar refractivity (Wildman–Crippen MR) is 66.0 cm³/mol. The Kier molecular flexibility index (Phi) is 4.08. The molecule has 1 aromatic heterocycles. The van der Waals surface area contributed by atoms with Crippen molar-refractivity contribution in [1.29, 1.82) is 5.26 Å². The summed E-state index contributed by atoms with van der Waals surface area (Å²) in [6.07, 6.45) is 0. The summed E-state index contributed by atoms with van der Waals surface area (Å²) in [5, 5.41) is 8.87. The fraction of sp³-hybridized carbons (Fsp3) is 0.538. The molecule has 1 heterocycles. The minimum atomic E-state index is -0.239. The van der Waals surface area contributed by atoms with E-state index >= 15 is 0 Å². The maximum atomic E-state index is 12.1. The molecule has 17 heavy (non-hydrogen) atoms. The van der Waals surface area contributed by atoms with Crippen LogP contribution in [0.25, 0.3) is 0 Å². The molecule has 0 bridgehead atoms. The van der Waals surface area contributed by atoms with E-state index in [4.69, 9.17) is 10.00 Å². The van der Waals surface area contributed by atoms with E-state index in [1.165, 1.54) is 0 Å². The second kappa shape index (κ2) is 5.15. The van der Waals surface area contributed by atoms with Crippen molar-refractivity contribution >= 4 is 0 Å². The molecule has 0 N–H and O–H groups in total. The summed E-state index contributed by atoms with van der Waals surface area (Å²) in [6, 6.07) is 5.35. The molecule has 0 atom stereocenters. The summed E-state index contributed by atoms with van der Waals surface area (Å²) in [5.74, 6) is 0. The molecule has 4 nitrogen and oxygen atoms in total. The normalized spacial score (nSPS) is 11.2. The molecule has 1 rings (SSSR count). The lowest BCUT2D eigenvalue weighted by Gasteiger charge is -2.24. The average molecular weight is 234 g/mol. The molecule has 0 saturated heterocycles. The van der Waals surface area contributed by atoms with E-state index in [-0.39, 0.29) is 16.5 Å². The van der Waals surface area contributed by atoms with Gasteiger partial charge in [-0.3, -0.25) is 4.79 Å². The summed E-state index contributed by atoms with van der Waals surface area (Å²) in [6.45, 7) is 7.04. The van der Waals surface area contributed by atoms with Crippen molar-refractivity contribution in [2.75, 3.05) is 13.7 Å². The van der Waals surface area contributed by atoms with Crippen molar-refractivity contribution in [2.45, 2.75) is 32.7 Å². The minimum absolute atomic E-state index is 0.138. The van der Waals surface area contributed by atoms with Crippen LogP contribution in [0.2, 0.25) is 0 Å². The van der Waals surface area contributed by atoms with Gasteiger partial charge in [0, 0.05) is 24.8 Å². The minimum Gasteiger partial charge on any atom is -0.383 e. The zero-order valence-electron chi connectivity index (χ0n) is 10.8. The van der Waals surface area contributed by atoms with Crippen molar-refractivity contribution in [3.05, 3.63) is 33.7 Å². The quantitative estimate of drug-likeness (QED) is 0.799. The third-order valence-electron chi connectivity index (χ3n) is 2.58. The van der Waals surface area contributed by atoms with Crippen LogP contribution in [0.15, 0.2) is 16.9 Å². The van der Waals surface area contributed by atoms with Crippen LogP contribution in [0, 0.1) is 11.3 Å². The van der Waals surface area contributed by atoms with Crippen LogP contribution < -0.4 is 5.56 Å². The van der Waals surface area contributed by atoms with Crippen LogP contribution in [-0.2, 0) is 16.7 Å². The van der Waals surface area contributed by atoms with Gasteiger partial charge in [-0.15, -0.1) is 0 Å². The zero-order valence-corrected chi connectivity index (χ0v) is 10.8. The van der Waals surface area contributed by atoms with E-state index < -0.39 is 0 Å². The first-order chi connectivity index (χ1) is 7.91. The Labute approximate surface area is 101 Å². The maximum absolute atomic E-state index is 12.1. The predicted octanol–water partition coefficient (Wildman–Crippen LogP) is 1.66. The molecular weight excluding hydrogens is 216 g/mol. The largest absolute Gasteiger partial charge is 0.383 e. The van der Waals surface area contributed by atoms with Gasteiger partial charge in [-0.2, -0.15) is 5.26 Å². The molecule has 92 valence electrons. The highest BCUT2D eigenvalue weighted by molar-refractivity contribution is 5.29. The van der Waals surface area contributed by atoms with Crippen LogP contribution in [0.5, 0.6) is 0 Å².